The van der Waals surface area contributed by atoms with E-state index in [4.69, 9.17) is 14.2 Å². The minimum absolute atomic E-state index is 0.255. The molecule has 0 amide bonds. The normalized spacial score (nSPS) is 12.3. The van der Waals surface area contributed by atoms with Crippen LogP contribution in [0.1, 0.15) is 5.56 Å². The minimum atomic E-state index is -0.569. The van der Waals surface area contributed by atoms with Crippen LogP contribution in [0.2, 0.25) is 0 Å². The number of para-hydroxylation sites is 1. The van der Waals surface area contributed by atoms with Crippen molar-refractivity contribution in [2.24, 2.45) is 0 Å². The Balaban J connectivity index is 2.47. The lowest BCUT2D eigenvalue weighted by Gasteiger charge is -2.24. The van der Waals surface area contributed by atoms with Crippen molar-refractivity contribution in [2.75, 3.05) is 53.7 Å². The second-order valence-electron chi connectivity index (χ2n) is 5.35. The SMILES string of the molecule is C=CCc1ccccc1OCC(O)CN(CCOC)CCOC. The fourth-order valence-electron chi connectivity index (χ4n) is 2.24. The molecule has 1 rings (SSSR count). The third kappa shape index (κ3) is 8.13. The maximum atomic E-state index is 10.2. The van der Waals surface area contributed by atoms with Crippen LogP contribution in [0.5, 0.6) is 5.75 Å². The van der Waals surface area contributed by atoms with Gasteiger partial charge in [0.15, 0.2) is 0 Å². The van der Waals surface area contributed by atoms with Gasteiger partial charge < -0.3 is 19.3 Å². The molecule has 0 aromatic heterocycles. The Morgan fingerprint density at radius 2 is 1.83 bits per heavy atom. The Morgan fingerprint density at radius 1 is 1.17 bits per heavy atom. The number of ether oxygens (including phenoxy) is 3. The van der Waals surface area contributed by atoms with E-state index >= 15 is 0 Å². The van der Waals surface area contributed by atoms with Gasteiger partial charge in [0.1, 0.15) is 18.5 Å². The topological polar surface area (TPSA) is 51.2 Å². The Hall–Kier alpha value is -1.40. The third-order valence-corrected chi connectivity index (χ3v) is 3.46. The molecular formula is C18H29NO4. The molecule has 1 unspecified atom stereocenters. The van der Waals surface area contributed by atoms with E-state index in [1.54, 1.807) is 14.2 Å². The predicted octanol–water partition coefficient (Wildman–Crippen LogP) is 1.75. The lowest BCUT2D eigenvalue weighted by Crippen LogP contribution is -2.39. The molecule has 130 valence electrons. The van der Waals surface area contributed by atoms with Crippen molar-refractivity contribution in [2.45, 2.75) is 12.5 Å². The van der Waals surface area contributed by atoms with Crippen LogP contribution in [-0.4, -0.2) is 69.8 Å². The summed E-state index contributed by atoms with van der Waals surface area (Å²) < 4.78 is 16.0. The molecule has 0 saturated carbocycles. The average molecular weight is 323 g/mol. The van der Waals surface area contributed by atoms with E-state index in [-0.39, 0.29) is 6.61 Å². The highest BCUT2D eigenvalue weighted by Gasteiger charge is 2.13. The molecule has 0 bridgehead atoms. The van der Waals surface area contributed by atoms with Crippen LogP contribution in [0.25, 0.3) is 0 Å². The molecule has 1 aromatic rings. The number of aliphatic hydroxyl groups excluding tert-OH is 1. The molecule has 5 heteroatoms. The predicted molar refractivity (Wildman–Crippen MR) is 92.0 cm³/mol. The number of nitrogens with zero attached hydrogens (tertiary/aromatic N) is 1. The van der Waals surface area contributed by atoms with Gasteiger partial charge in [-0.2, -0.15) is 0 Å². The monoisotopic (exact) mass is 323 g/mol. The van der Waals surface area contributed by atoms with Crippen LogP contribution in [0.3, 0.4) is 0 Å². The molecule has 1 N–H and O–H groups in total. The number of hydrogen-bond donors (Lipinski definition) is 1. The number of hydrogen-bond acceptors (Lipinski definition) is 5. The summed E-state index contributed by atoms with van der Waals surface area (Å²) in [5.41, 5.74) is 1.07. The largest absolute Gasteiger partial charge is 0.491 e. The van der Waals surface area contributed by atoms with Gasteiger partial charge in [-0.1, -0.05) is 24.3 Å². The third-order valence-electron chi connectivity index (χ3n) is 3.46. The summed E-state index contributed by atoms with van der Waals surface area (Å²) in [5, 5.41) is 10.2. The first-order chi connectivity index (χ1) is 11.2. The average Bonchev–Trinajstić information content (AvgIpc) is 2.56. The smallest absolute Gasteiger partial charge is 0.122 e. The lowest BCUT2D eigenvalue weighted by atomic mass is 10.1. The standard InChI is InChI=1S/C18H29NO4/c1-4-7-16-8-5-6-9-18(16)23-15-17(20)14-19(10-12-21-2)11-13-22-3/h4-6,8-9,17,20H,1,7,10-15H2,2-3H3. The Kier molecular flexibility index (Phi) is 10.3. The summed E-state index contributed by atoms with van der Waals surface area (Å²) >= 11 is 0. The van der Waals surface area contributed by atoms with Gasteiger partial charge in [0, 0.05) is 33.9 Å². The Morgan fingerprint density at radius 3 is 2.43 bits per heavy atom. The van der Waals surface area contributed by atoms with E-state index in [1.165, 1.54) is 0 Å². The number of methoxy groups -OCH3 is 2. The molecule has 0 spiro atoms. The van der Waals surface area contributed by atoms with Gasteiger partial charge in [0.2, 0.25) is 0 Å². The maximum Gasteiger partial charge on any atom is 0.122 e. The zero-order valence-corrected chi connectivity index (χ0v) is 14.2. The van der Waals surface area contributed by atoms with Gasteiger partial charge in [-0.3, -0.25) is 4.90 Å². The van der Waals surface area contributed by atoms with Crippen molar-refractivity contribution < 1.29 is 19.3 Å². The first-order valence-electron chi connectivity index (χ1n) is 7.91. The number of rotatable bonds is 13. The van der Waals surface area contributed by atoms with E-state index in [0.29, 0.717) is 19.8 Å². The van der Waals surface area contributed by atoms with E-state index in [1.807, 2.05) is 30.3 Å². The van der Waals surface area contributed by atoms with Crippen molar-refractivity contribution >= 4 is 0 Å². The van der Waals surface area contributed by atoms with Gasteiger partial charge in [-0.05, 0) is 18.1 Å². The lowest BCUT2D eigenvalue weighted by molar-refractivity contribution is 0.0458. The van der Waals surface area contributed by atoms with Crippen molar-refractivity contribution in [1.82, 2.24) is 4.90 Å². The fraction of sp³-hybridized carbons (Fsp3) is 0.556. The van der Waals surface area contributed by atoms with E-state index < -0.39 is 6.10 Å². The molecule has 5 nitrogen and oxygen atoms in total. The van der Waals surface area contributed by atoms with Gasteiger partial charge in [0.25, 0.3) is 0 Å². The first kappa shape index (κ1) is 19.6. The molecular weight excluding hydrogens is 294 g/mol. The van der Waals surface area contributed by atoms with Crippen LogP contribution in [0.4, 0.5) is 0 Å². The zero-order chi connectivity index (χ0) is 16.9. The minimum Gasteiger partial charge on any atom is -0.491 e. The van der Waals surface area contributed by atoms with Gasteiger partial charge in [-0.25, -0.2) is 0 Å². The number of benzene rings is 1. The summed E-state index contributed by atoms with van der Waals surface area (Å²) in [4.78, 5) is 2.11. The Bertz CT molecular complexity index is 431. The summed E-state index contributed by atoms with van der Waals surface area (Å²) in [5.74, 6) is 0.798. The zero-order valence-electron chi connectivity index (χ0n) is 14.2. The fourth-order valence-corrected chi connectivity index (χ4v) is 2.24. The van der Waals surface area contributed by atoms with Crippen LogP contribution in [0, 0.1) is 0 Å². The van der Waals surface area contributed by atoms with Crippen molar-refractivity contribution in [1.29, 1.82) is 0 Å². The molecule has 0 saturated heterocycles. The highest BCUT2D eigenvalue weighted by Crippen LogP contribution is 2.18. The number of aliphatic hydroxyl groups is 1. The van der Waals surface area contributed by atoms with Crippen LogP contribution in [0.15, 0.2) is 36.9 Å². The highest BCUT2D eigenvalue weighted by molar-refractivity contribution is 5.34. The molecule has 0 aliphatic carbocycles. The van der Waals surface area contributed by atoms with Gasteiger partial charge in [-0.15, -0.1) is 6.58 Å². The van der Waals surface area contributed by atoms with Crippen molar-refractivity contribution in [3.05, 3.63) is 42.5 Å². The molecule has 23 heavy (non-hydrogen) atoms. The quantitative estimate of drug-likeness (QED) is 0.561. The van der Waals surface area contributed by atoms with Gasteiger partial charge in [0.05, 0.1) is 13.2 Å². The first-order valence-corrected chi connectivity index (χ1v) is 7.91. The van der Waals surface area contributed by atoms with Gasteiger partial charge >= 0.3 is 0 Å². The van der Waals surface area contributed by atoms with E-state index in [0.717, 1.165) is 30.8 Å². The molecule has 0 aliphatic rings. The highest BCUT2D eigenvalue weighted by atomic mass is 16.5. The second-order valence-corrected chi connectivity index (χ2v) is 5.35. The summed E-state index contributed by atoms with van der Waals surface area (Å²) in [7, 11) is 3.34. The summed E-state index contributed by atoms with van der Waals surface area (Å²) in [6, 6.07) is 7.82. The van der Waals surface area contributed by atoms with Crippen molar-refractivity contribution in [3.8, 4) is 5.75 Å². The van der Waals surface area contributed by atoms with Crippen LogP contribution >= 0.6 is 0 Å². The molecule has 0 fully saturated rings. The molecule has 1 atom stereocenters. The van der Waals surface area contributed by atoms with Crippen LogP contribution < -0.4 is 4.74 Å². The van der Waals surface area contributed by atoms with Crippen molar-refractivity contribution in [3.63, 3.8) is 0 Å². The van der Waals surface area contributed by atoms with E-state index in [2.05, 4.69) is 11.5 Å². The summed E-state index contributed by atoms with van der Waals surface area (Å²) in [6.45, 7) is 7.29. The summed E-state index contributed by atoms with van der Waals surface area (Å²) in [6.07, 6.45) is 2.02. The molecule has 1 aromatic carbocycles. The number of allylic oxidation sites excluding steroid dienone is 1. The Labute approximate surface area is 139 Å². The molecule has 0 heterocycles. The van der Waals surface area contributed by atoms with Crippen LogP contribution in [-0.2, 0) is 15.9 Å². The van der Waals surface area contributed by atoms with E-state index in [9.17, 15) is 5.11 Å². The molecule has 0 aliphatic heterocycles. The second kappa shape index (κ2) is 12.1. The maximum absolute atomic E-state index is 10.2. The molecule has 0 radical (unpaired) electrons.